The fraction of sp³-hybridized carbons (Fsp3) is 0.600. The van der Waals surface area contributed by atoms with Crippen molar-refractivity contribution in [3.05, 3.63) is 11.3 Å². The number of aromatic nitrogens is 2. The minimum Gasteiger partial charge on any atom is -0.368 e. The molecule has 0 fully saturated rings. The van der Waals surface area contributed by atoms with Gasteiger partial charge in [0.25, 0.3) is 0 Å². The van der Waals surface area contributed by atoms with Crippen molar-refractivity contribution in [2.24, 2.45) is 0 Å². The average molecular weight is 207 g/mol. The van der Waals surface area contributed by atoms with Crippen molar-refractivity contribution in [1.82, 2.24) is 15.3 Å². The smallest absolute Gasteiger partial charge is 0.222 e. The Morgan fingerprint density at radius 2 is 2.00 bits per heavy atom. The Bertz CT molecular complexity index is 380. The van der Waals surface area contributed by atoms with E-state index >= 15 is 0 Å². The van der Waals surface area contributed by atoms with E-state index in [4.69, 9.17) is 5.73 Å². The van der Waals surface area contributed by atoms with Gasteiger partial charge in [-0.25, -0.2) is 4.98 Å². The van der Waals surface area contributed by atoms with Crippen LogP contribution in [-0.2, 0) is 13.1 Å². The number of nitrogens with two attached hydrogens (primary N) is 1. The second-order valence-electron chi connectivity index (χ2n) is 4.83. The normalized spacial score (nSPS) is 15.1. The molecule has 0 saturated carbocycles. The van der Waals surface area contributed by atoms with Crippen molar-refractivity contribution >= 4 is 11.8 Å². The SMILES string of the molecule is CC(C)(C)Nc1nc(N)nc2c1CNC2. The predicted octanol–water partition coefficient (Wildman–Crippen LogP) is 0.872. The highest BCUT2D eigenvalue weighted by Gasteiger charge is 2.21. The maximum absolute atomic E-state index is 5.66. The van der Waals surface area contributed by atoms with E-state index in [1.54, 1.807) is 0 Å². The Kier molecular flexibility index (Phi) is 2.26. The van der Waals surface area contributed by atoms with Gasteiger partial charge in [0.05, 0.1) is 5.69 Å². The number of hydrogen-bond acceptors (Lipinski definition) is 5. The third-order valence-electron chi connectivity index (χ3n) is 2.20. The summed E-state index contributed by atoms with van der Waals surface area (Å²) in [5.41, 5.74) is 7.79. The predicted molar refractivity (Wildman–Crippen MR) is 60.4 cm³/mol. The summed E-state index contributed by atoms with van der Waals surface area (Å²) in [5.74, 6) is 1.19. The summed E-state index contributed by atoms with van der Waals surface area (Å²) in [6, 6.07) is 0. The largest absolute Gasteiger partial charge is 0.368 e. The molecule has 1 aliphatic heterocycles. The monoisotopic (exact) mass is 207 g/mol. The van der Waals surface area contributed by atoms with Crippen LogP contribution in [0.25, 0.3) is 0 Å². The number of nitrogens with zero attached hydrogens (tertiary/aromatic N) is 2. The van der Waals surface area contributed by atoms with Crippen LogP contribution in [0.2, 0.25) is 0 Å². The van der Waals surface area contributed by atoms with Crippen molar-refractivity contribution in [1.29, 1.82) is 0 Å². The molecule has 82 valence electrons. The molecular weight excluding hydrogens is 190 g/mol. The van der Waals surface area contributed by atoms with Gasteiger partial charge in [0, 0.05) is 24.2 Å². The van der Waals surface area contributed by atoms with Crippen molar-refractivity contribution in [3.8, 4) is 0 Å². The van der Waals surface area contributed by atoms with Crippen LogP contribution in [-0.4, -0.2) is 15.5 Å². The van der Waals surface area contributed by atoms with Crippen molar-refractivity contribution in [2.75, 3.05) is 11.1 Å². The lowest BCUT2D eigenvalue weighted by atomic mass is 10.1. The van der Waals surface area contributed by atoms with E-state index in [1.807, 2.05) is 0 Å². The highest BCUT2D eigenvalue weighted by atomic mass is 15.1. The molecule has 0 radical (unpaired) electrons. The maximum Gasteiger partial charge on any atom is 0.222 e. The lowest BCUT2D eigenvalue weighted by molar-refractivity contribution is 0.628. The van der Waals surface area contributed by atoms with Crippen LogP contribution in [0, 0.1) is 0 Å². The van der Waals surface area contributed by atoms with Gasteiger partial charge in [0.15, 0.2) is 0 Å². The molecule has 5 nitrogen and oxygen atoms in total. The molecule has 4 N–H and O–H groups in total. The summed E-state index contributed by atoms with van der Waals surface area (Å²) in [5, 5.41) is 6.59. The first-order chi connectivity index (χ1) is 6.96. The molecule has 0 bridgehead atoms. The van der Waals surface area contributed by atoms with Crippen LogP contribution in [0.15, 0.2) is 0 Å². The summed E-state index contributed by atoms with van der Waals surface area (Å²) >= 11 is 0. The second-order valence-corrected chi connectivity index (χ2v) is 4.83. The van der Waals surface area contributed by atoms with Gasteiger partial charge < -0.3 is 16.4 Å². The van der Waals surface area contributed by atoms with E-state index < -0.39 is 0 Å². The zero-order valence-electron chi connectivity index (χ0n) is 9.39. The van der Waals surface area contributed by atoms with Crippen molar-refractivity contribution < 1.29 is 0 Å². The van der Waals surface area contributed by atoms with Gasteiger partial charge in [0.1, 0.15) is 5.82 Å². The Hall–Kier alpha value is -1.36. The Balaban J connectivity index is 2.39. The van der Waals surface area contributed by atoms with Gasteiger partial charge in [-0.1, -0.05) is 0 Å². The molecule has 0 aliphatic carbocycles. The molecule has 15 heavy (non-hydrogen) atoms. The highest BCUT2D eigenvalue weighted by Crippen LogP contribution is 2.24. The maximum atomic E-state index is 5.66. The van der Waals surface area contributed by atoms with Gasteiger partial charge >= 0.3 is 0 Å². The second kappa shape index (κ2) is 3.34. The molecule has 0 saturated heterocycles. The van der Waals surface area contributed by atoms with Crippen LogP contribution in [0.4, 0.5) is 11.8 Å². The van der Waals surface area contributed by atoms with E-state index in [-0.39, 0.29) is 5.54 Å². The first-order valence-electron chi connectivity index (χ1n) is 5.10. The van der Waals surface area contributed by atoms with E-state index in [0.717, 1.165) is 30.2 Å². The minimum absolute atomic E-state index is 0.0167. The van der Waals surface area contributed by atoms with Gasteiger partial charge in [-0.2, -0.15) is 4.98 Å². The first kappa shape index (κ1) is 10.2. The molecule has 1 aromatic rings. The standard InChI is InChI=1S/C10H17N5/c1-10(2,3)15-8-6-4-12-5-7(6)13-9(11)14-8/h12H,4-5H2,1-3H3,(H3,11,13,14,15). The third-order valence-corrected chi connectivity index (χ3v) is 2.20. The molecule has 0 spiro atoms. The summed E-state index contributed by atoms with van der Waals surface area (Å²) in [4.78, 5) is 8.45. The molecular formula is C10H17N5. The summed E-state index contributed by atoms with van der Waals surface area (Å²) in [7, 11) is 0. The van der Waals surface area contributed by atoms with Gasteiger partial charge in [-0.15, -0.1) is 0 Å². The number of nitrogen functional groups attached to an aromatic ring is 1. The Labute approximate surface area is 89.5 Å². The minimum atomic E-state index is -0.0167. The van der Waals surface area contributed by atoms with Gasteiger partial charge in [0.2, 0.25) is 5.95 Å². The van der Waals surface area contributed by atoms with Crippen LogP contribution in [0.5, 0.6) is 0 Å². The van der Waals surface area contributed by atoms with E-state index in [0.29, 0.717) is 5.95 Å². The fourth-order valence-corrected chi connectivity index (χ4v) is 1.65. The fourth-order valence-electron chi connectivity index (χ4n) is 1.65. The topological polar surface area (TPSA) is 75.9 Å². The van der Waals surface area contributed by atoms with Crippen molar-refractivity contribution in [3.63, 3.8) is 0 Å². The first-order valence-corrected chi connectivity index (χ1v) is 5.10. The molecule has 5 heteroatoms. The Morgan fingerprint density at radius 1 is 1.27 bits per heavy atom. The summed E-state index contributed by atoms with van der Waals surface area (Å²) < 4.78 is 0. The van der Waals surface area contributed by atoms with Crippen LogP contribution in [0.3, 0.4) is 0 Å². The van der Waals surface area contributed by atoms with E-state index in [2.05, 4.69) is 41.4 Å². The lowest BCUT2D eigenvalue weighted by Gasteiger charge is -2.22. The van der Waals surface area contributed by atoms with Crippen LogP contribution in [0.1, 0.15) is 32.0 Å². The molecule has 2 heterocycles. The number of rotatable bonds is 1. The summed E-state index contributed by atoms with van der Waals surface area (Å²) in [6.45, 7) is 7.88. The number of hydrogen-bond donors (Lipinski definition) is 3. The summed E-state index contributed by atoms with van der Waals surface area (Å²) in [6.07, 6.45) is 0. The third kappa shape index (κ3) is 2.18. The molecule has 0 aromatic carbocycles. The number of anilines is 2. The lowest BCUT2D eigenvalue weighted by Crippen LogP contribution is -2.28. The van der Waals surface area contributed by atoms with Crippen molar-refractivity contribution in [2.45, 2.75) is 39.4 Å². The molecule has 0 unspecified atom stereocenters. The molecule has 0 amide bonds. The zero-order chi connectivity index (χ0) is 11.1. The molecule has 1 aromatic heterocycles. The van der Waals surface area contributed by atoms with E-state index in [1.165, 1.54) is 0 Å². The van der Waals surface area contributed by atoms with E-state index in [9.17, 15) is 0 Å². The average Bonchev–Trinajstić information content (AvgIpc) is 2.48. The van der Waals surface area contributed by atoms with Crippen LogP contribution < -0.4 is 16.4 Å². The zero-order valence-corrected chi connectivity index (χ0v) is 9.39. The highest BCUT2D eigenvalue weighted by molar-refractivity contribution is 5.52. The van der Waals surface area contributed by atoms with Gasteiger partial charge in [-0.3, -0.25) is 0 Å². The number of fused-ring (bicyclic) bond motifs is 1. The molecule has 2 rings (SSSR count). The molecule has 0 atom stereocenters. The van der Waals surface area contributed by atoms with Crippen LogP contribution >= 0.6 is 0 Å². The Morgan fingerprint density at radius 3 is 2.67 bits per heavy atom. The number of nitrogens with one attached hydrogen (secondary N) is 2. The quantitative estimate of drug-likeness (QED) is 0.637. The van der Waals surface area contributed by atoms with Gasteiger partial charge in [-0.05, 0) is 20.8 Å². The molecule has 1 aliphatic rings.